The van der Waals surface area contributed by atoms with Crippen molar-refractivity contribution in [3.63, 3.8) is 0 Å². The van der Waals surface area contributed by atoms with E-state index in [0.717, 1.165) is 25.9 Å². The van der Waals surface area contributed by atoms with E-state index in [0.29, 0.717) is 6.42 Å². The Hall–Kier alpha value is -1.09. The molecule has 0 aliphatic rings. The Bertz CT molecular complexity index is 464. The smallest absolute Gasteiger partial charge is 0.303 e. The monoisotopic (exact) mass is 435 g/mol. The van der Waals surface area contributed by atoms with Crippen molar-refractivity contribution in [3.05, 3.63) is 23.3 Å². The molecule has 31 heavy (non-hydrogen) atoms. The van der Waals surface area contributed by atoms with Crippen LogP contribution in [0, 0.1) is 0 Å². The molecule has 2 N–H and O–H groups in total. The number of nitrogens with one attached hydrogen (secondary N) is 1. The minimum Gasteiger partial charge on any atom is -0.481 e. The first kappa shape index (κ1) is 29.9. The highest BCUT2D eigenvalue weighted by Crippen LogP contribution is 2.16. The van der Waals surface area contributed by atoms with Crippen LogP contribution in [0.3, 0.4) is 0 Å². The number of carbonyl (C=O) groups is 1. The van der Waals surface area contributed by atoms with Crippen molar-refractivity contribution in [2.24, 2.45) is 0 Å². The Morgan fingerprint density at radius 3 is 1.74 bits per heavy atom. The fraction of sp³-hybridized carbons (Fsp3) is 0.821. The lowest BCUT2D eigenvalue weighted by Gasteiger charge is -2.10. The van der Waals surface area contributed by atoms with Gasteiger partial charge in [0.2, 0.25) is 0 Å². The molecule has 0 spiro atoms. The van der Waals surface area contributed by atoms with E-state index in [1.807, 2.05) is 0 Å². The van der Waals surface area contributed by atoms with Crippen LogP contribution in [0.4, 0.5) is 0 Å². The average Bonchev–Trinajstić information content (AvgIpc) is 2.73. The summed E-state index contributed by atoms with van der Waals surface area (Å²) in [7, 11) is 0. The molecule has 0 heterocycles. The number of rotatable bonds is 23. The molecule has 0 saturated heterocycles. The second-order valence-electron chi connectivity index (χ2n) is 9.29. The van der Waals surface area contributed by atoms with Crippen LogP contribution in [0.1, 0.15) is 136 Å². The molecule has 0 aromatic carbocycles. The van der Waals surface area contributed by atoms with E-state index in [-0.39, 0.29) is 6.42 Å². The van der Waals surface area contributed by atoms with Gasteiger partial charge in [-0.05, 0) is 78.3 Å². The largest absolute Gasteiger partial charge is 0.481 e. The number of aliphatic carboxylic acids is 1. The number of carboxylic acid groups (broad SMARTS) is 1. The number of hydrogen-bond acceptors (Lipinski definition) is 2. The Labute approximate surface area is 194 Å². The van der Waals surface area contributed by atoms with Gasteiger partial charge < -0.3 is 10.4 Å². The summed E-state index contributed by atoms with van der Waals surface area (Å²) in [4.78, 5) is 10.7. The summed E-state index contributed by atoms with van der Waals surface area (Å²) in [6.45, 7) is 8.61. The molecule has 0 aliphatic carbocycles. The van der Waals surface area contributed by atoms with Gasteiger partial charge >= 0.3 is 5.97 Å². The molecule has 0 bridgehead atoms. The quantitative estimate of drug-likeness (QED) is 0.125. The standard InChI is InChI=1S/C28H53NO2/c1-4-5-6-7-8-9-10-11-12-13-14-15-16-17-18-19-24-29-25-20-21-27(26(2)3)22-23-28(30)31/h11-12,29H,4-10,13-25H2,1-3H3,(H,30,31)/b12-11+. The summed E-state index contributed by atoms with van der Waals surface area (Å²) >= 11 is 0. The van der Waals surface area contributed by atoms with Crippen molar-refractivity contribution >= 4 is 5.97 Å². The van der Waals surface area contributed by atoms with E-state index in [1.165, 1.54) is 101 Å². The predicted molar refractivity (Wildman–Crippen MR) is 137 cm³/mol. The maximum atomic E-state index is 10.7. The van der Waals surface area contributed by atoms with Crippen molar-refractivity contribution in [3.8, 4) is 0 Å². The molecule has 0 aromatic rings. The van der Waals surface area contributed by atoms with Crippen molar-refractivity contribution in [1.82, 2.24) is 5.32 Å². The zero-order valence-corrected chi connectivity index (χ0v) is 21.2. The highest BCUT2D eigenvalue weighted by Gasteiger charge is 2.04. The number of hydrogen-bond donors (Lipinski definition) is 2. The molecular formula is C28H53NO2. The fourth-order valence-electron chi connectivity index (χ4n) is 3.93. The third kappa shape index (κ3) is 23.4. The van der Waals surface area contributed by atoms with E-state index in [4.69, 9.17) is 5.11 Å². The lowest BCUT2D eigenvalue weighted by Crippen LogP contribution is -2.16. The van der Waals surface area contributed by atoms with Gasteiger partial charge in [0, 0.05) is 6.42 Å². The zero-order valence-electron chi connectivity index (χ0n) is 21.2. The normalized spacial score (nSPS) is 11.3. The summed E-state index contributed by atoms with van der Waals surface area (Å²) in [6.07, 6.45) is 26.8. The van der Waals surface area contributed by atoms with E-state index >= 15 is 0 Å². The van der Waals surface area contributed by atoms with Crippen molar-refractivity contribution in [2.75, 3.05) is 13.1 Å². The molecule has 0 radical (unpaired) electrons. The second-order valence-corrected chi connectivity index (χ2v) is 9.29. The minimum atomic E-state index is -0.697. The molecule has 0 atom stereocenters. The summed E-state index contributed by atoms with van der Waals surface area (Å²) in [5.74, 6) is -0.697. The Kier molecular flexibility index (Phi) is 22.7. The van der Waals surface area contributed by atoms with Gasteiger partial charge in [-0.2, -0.15) is 0 Å². The maximum absolute atomic E-state index is 10.7. The lowest BCUT2D eigenvalue weighted by molar-refractivity contribution is -0.136. The number of unbranched alkanes of at least 4 members (excludes halogenated alkanes) is 12. The second kappa shape index (κ2) is 23.6. The van der Waals surface area contributed by atoms with Crippen LogP contribution in [0.15, 0.2) is 23.3 Å². The van der Waals surface area contributed by atoms with Crippen LogP contribution in [0.2, 0.25) is 0 Å². The number of carboxylic acids is 1. The fourth-order valence-corrected chi connectivity index (χ4v) is 3.93. The highest BCUT2D eigenvalue weighted by atomic mass is 16.4. The topological polar surface area (TPSA) is 49.3 Å². The van der Waals surface area contributed by atoms with Gasteiger partial charge in [-0.1, -0.05) is 88.0 Å². The predicted octanol–water partition coefficient (Wildman–Crippen LogP) is 8.59. The summed E-state index contributed by atoms with van der Waals surface area (Å²) < 4.78 is 0. The zero-order chi connectivity index (χ0) is 23.0. The van der Waals surface area contributed by atoms with Gasteiger partial charge in [-0.15, -0.1) is 0 Å². The Morgan fingerprint density at radius 1 is 0.677 bits per heavy atom. The van der Waals surface area contributed by atoms with Gasteiger partial charge in [0.1, 0.15) is 0 Å². The SMILES string of the molecule is CCCCCCCC/C=C/CCCCCCCCNCCCC(CCC(=O)O)=C(C)C. The van der Waals surface area contributed by atoms with Crippen LogP contribution < -0.4 is 5.32 Å². The molecule has 0 fully saturated rings. The van der Waals surface area contributed by atoms with Crippen LogP contribution in [-0.2, 0) is 4.79 Å². The third-order valence-electron chi connectivity index (χ3n) is 6.05. The van der Waals surface area contributed by atoms with Gasteiger partial charge in [-0.3, -0.25) is 4.79 Å². The minimum absolute atomic E-state index is 0.253. The maximum Gasteiger partial charge on any atom is 0.303 e. The molecule has 3 heteroatoms. The molecule has 0 saturated carbocycles. The van der Waals surface area contributed by atoms with Gasteiger partial charge in [0.15, 0.2) is 0 Å². The third-order valence-corrected chi connectivity index (χ3v) is 6.05. The summed E-state index contributed by atoms with van der Waals surface area (Å²) in [6, 6.07) is 0. The van der Waals surface area contributed by atoms with Crippen molar-refractivity contribution < 1.29 is 9.90 Å². The van der Waals surface area contributed by atoms with Gasteiger partial charge in [0.05, 0.1) is 0 Å². The van der Waals surface area contributed by atoms with Gasteiger partial charge in [0.25, 0.3) is 0 Å². The average molecular weight is 436 g/mol. The lowest BCUT2D eigenvalue weighted by atomic mass is 10.00. The first-order chi connectivity index (χ1) is 15.1. The summed E-state index contributed by atoms with van der Waals surface area (Å²) in [5.41, 5.74) is 2.61. The Balaban J connectivity index is 3.33. The van der Waals surface area contributed by atoms with Crippen LogP contribution in [-0.4, -0.2) is 24.2 Å². The van der Waals surface area contributed by atoms with Crippen LogP contribution in [0.5, 0.6) is 0 Å². The van der Waals surface area contributed by atoms with Crippen molar-refractivity contribution in [1.29, 1.82) is 0 Å². The number of allylic oxidation sites excluding steroid dienone is 4. The van der Waals surface area contributed by atoms with E-state index in [9.17, 15) is 4.79 Å². The van der Waals surface area contributed by atoms with Crippen molar-refractivity contribution in [2.45, 2.75) is 136 Å². The Morgan fingerprint density at radius 2 is 1.19 bits per heavy atom. The first-order valence-corrected chi connectivity index (χ1v) is 13.3. The first-order valence-electron chi connectivity index (χ1n) is 13.3. The molecule has 182 valence electrons. The molecule has 0 unspecified atom stereocenters. The van der Waals surface area contributed by atoms with E-state index < -0.39 is 5.97 Å². The molecule has 0 rings (SSSR count). The molecule has 0 aliphatic heterocycles. The summed E-state index contributed by atoms with van der Waals surface area (Å²) in [5, 5.41) is 12.4. The molecular weight excluding hydrogens is 382 g/mol. The highest BCUT2D eigenvalue weighted by molar-refractivity contribution is 5.67. The van der Waals surface area contributed by atoms with E-state index in [2.05, 4.69) is 38.2 Å². The van der Waals surface area contributed by atoms with Crippen LogP contribution in [0.25, 0.3) is 0 Å². The molecule has 0 amide bonds. The van der Waals surface area contributed by atoms with Gasteiger partial charge in [-0.25, -0.2) is 0 Å². The van der Waals surface area contributed by atoms with E-state index in [1.54, 1.807) is 0 Å². The molecule has 0 aromatic heterocycles. The molecule has 3 nitrogen and oxygen atoms in total. The van der Waals surface area contributed by atoms with Crippen LogP contribution >= 0.6 is 0 Å².